The maximum atomic E-state index is 12.5. The second-order valence-corrected chi connectivity index (χ2v) is 7.57. The molecule has 110 valence electrons. The third kappa shape index (κ3) is 3.14. The van der Waals surface area contributed by atoms with Gasteiger partial charge in [0.1, 0.15) is 9.88 Å². The highest BCUT2D eigenvalue weighted by atomic mass is 32.2. The highest BCUT2D eigenvalue weighted by Crippen LogP contribution is 2.23. The van der Waals surface area contributed by atoms with Gasteiger partial charge in [0, 0.05) is 19.3 Å². The lowest BCUT2D eigenvalue weighted by Crippen LogP contribution is -2.50. The van der Waals surface area contributed by atoms with Gasteiger partial charge in [-0.15, -0.1) is 0 Å². The molecular formula is C12H17N3O3S2. The summed E-state index contributed by atoms with van der Waals surface area (Å²) < 4.78 is 32.0. The third-order valence-electron chi connectivity index (χ3n) is 3.02. The maximum Gasteiger partial charge on any atom is 0.244 e. The molecular weight excluding hydrogens is 298 g/mol. The molecule has 6 nitrogen and oxygen atoms in total. The second kappa shape index (κ2) is 5.36. The number of sulfonamides is 1. The van der Waals surface area contributed by atoms with E-state index in [4.69, 9.17) is 22.7 Å². The zero-order valence-electron chi connectivity index (χ0n) is 11.4. The molecule has 1 aliphatic rings. The largest absolute Gasteiger partial charge is 0.388 e. The average molecular weight is 315 g/mol. The number of hydrogen-bond donors (Lipinski definition) is 1. The van der Waals surface area contributed by atoms with Crippen molar-refractivity contribution < 1.29 is 13.2 Å². The van der Waals surface area contributed by atoms with Gasteiger partial charge in [-0.3, -0.25) is 4.98 Å². The predicted octanol–water partition coefficient (Wildman–Crippen LogP) is 0.515. The normalized spacial score (nSPS) is 19.7. The van der Waals surface area contributed by atoms with Crippen molar-refractivity contribution in [3.05, 3.63) is 24.0 Å². The van der Waals surface area contributed by atoms with Gasteiger partial charge >= 0.3 is 0 Å². The number of aromatic nitrogens is 1. The second-order valence-electron chi connectivity index (χ2n) is 5.19. The SMILES string of the molecule is CC1(C)CN(S(=O)(=O)c2ccc(C(N)=S)nc2)CCO1. The van der Waals surface area contributed by atoms with Gasteiger partial charge in [-0.1, -0.05) is 12.2 Å². The van der Waals surface area contributed by atoms with Crippen molar-refractivity contribution in [1.82, 2.24) is 9.29 Å². The number of ether oxygens (including phenoxy) is 1. The molecule has 0 unspecified atom stereocenters. The van der Waals surface area contributed by atoms with Crippen LogP contribution in [0.3, 0.4) is 0 Å². The number of hydrogen-bond acceptors (Lipinski definition) is 5. The van der Waals surface area contributed by atoms with Crippen molar-refractivity contribution in [2.75, 3.05) is 19.7 Å². The lowest BCUT2D eigenvalue weighted by atomic mass is 10.1. The predicted molar refractivity (Wildman–Crippen MR) is 78.9 cm³/mol. The quantitative estimate of drug-likeness (QED) is 0.818. The molecule has 1 aromatic rings. The molecule has 1 fully saturated rings. The molecule has 0 aliphatic carbocycles. The fourth-order valence-corrected chi connectivity index (χ4v) is 3.65. The Morgan fingerprint density at radius 1 is 1.50 bits per heavy atom. The van der Waals surface area contributed by atoms with E-state index in [0.29, 0.717) is 25.4 Å². The molecule has 1 aromatic heterocycles. The molecule has 1 aliphatic heterocycles. The Morgan fingerprint density at radius 2 is 2.20 bits per heavy atom. The van der Waals surface area contributed by atoms with Crippen LogP contribution in [0.25, 0.3) is 0 Å². The highest BCUT2D eigenvalue weighted by molar-refractivity contribution is 7.89. The summed E-state index contributed by atoms with van der Waals surface area (Å²) in [6, 6.07) is 2.99. The van der Waals surface area contributed by atoms with Crippen LogP contribution < -0.4 is 5.73 Å². The van der Waals surface area contributed by atoms with Crippen molar-refractivity contribution in [1.29, 1.82) is 0 Å². The lowest BCUT2D eigenvalue weighted by Gasteiger charge is -2.37. The van der Waals surface area contributed by atoms with E-state index in [1.165, 1.54) is 22.6 Å². The minimum absolute atomic E-state index is 0.134. The molecule has 0 amide bonds. The summed E-state index contributed by atoms with van der Waals surface area (Å²) in [7, 11) is -3.57. The Bertz CT molecular complexity index is 611. The number of nitrogens with zero attached hydrogens (tertiary/aromatic N) is 2. The summed E-state index contributed by atoms with van der Waals surface area (Å²) in [6.45, 7) is 4.76. The first-order chi connectivity index (χ1) is 9.22. The number of rotatable bonds is 3. The highest BCUT2D eigenvalue weighted by Gasteiger charge is 2.35. The number of nitrogens with two attached hydrogens (primary N) is 1. The topological polar surface area (TPSA) is 85.5 Å². The zero-order chi connectivity index (χ0) is 15.0. The van der Waals surface area contributed by atoms with Gasteiger partial charge in [-0.2, -0.15) is 4.31 Å². The Hall–Kier alpha value is -1.09. The van der Waals surface area contributed by atoms with E-state index in [1.54, 1.807) is 0 Å². The molecule has 0 saturated carbocycles. The molecule has 0 atom stereocenters. The summed E-state index contributed by atoms with van der Waals surface area (Å²) in [5, 5.41) is 0. The first-order valence-corrected chi connectivity index (χ1v) is 7.97. The summed E-state index contributed by atoms with van der Waals surface area (Å²) in [5.41, 5.74) is 5.36. The molecule has 0 bridgehead atoms. The van der Waals surface area contributed by atoms with Crippen molar-refractivity contribution >= 4 is 27.2 Å². The molecule has 2 heterocycles. The third-order valence-corrected chi connectivity index (χ3v) is 5.06. The van der Waals surface area contributed by atoms with E-state index < -0.39 is 15.6 Å². The molecule has 8 heteroatoms. The van der Waals surface area contributed by atoms with Crippen molar-refractivity contribution in [3.63, 3.8) is 0 Å². The monoisotopic (exact) mass is 315 g/mol. The standard InChI is InChI=1S/C12H17N3O3S2/c1-12(2)8-15(5-6-18-12)20(16,17)9-3-4-10(11(13)19)14-7-9/h3-4,7H,5-6,8H2,1-2H3,(H2,13,19). The fourth-order valence-electron chi connectivity index (χ4n) is 2.01. The first-order valence-electron chi connectivity index (χ1n) is 6.12. The van der Waals surface area contributed by atoms with Crippen LogP contribution in [0.15, 0.2) is 23.2 Å². The van der Waals surface area contributed by atoms with Gasteiger partial charge in [0.05, 0.1) is 17.9 Å². The van der Waals surface area contributed by atoms with Crippen LogP contribution in [0, 0.1) is 0 Å². The average Bonchev–Trinajstić information content (AvgIpc) is 2.37. The van der Waals surface area contributed by atoms with Crippen molar-refractivity contribution in [2.24, 2.45) is 5.73 Å². The van der Waals surface area contributed by atoms with E-state index in [9.17, 15) is 8.42 Å². The molecule has 0 spiro atoms. The Labute approximate surface area is 124 Å². The van der Waals surface area contributed by atoms with Gasteiger partial charge < -0.3 is 10.5 Å². The van der Waals surface area contributed by atoms with E-state index in [0.717, 1.165) is 0 Å². The summed E-state index contributed by atoms with van der Waals surface area (Å²) >= 11 is 4.79. The van der Waals surface area contributed by atoms with Crippen molar-refractivity contribution in [3.8, 4) is 0 Å². The van der Waals surface area contributed by atoms with Gasteiger partial charge in [-0.05, 0) is 26.0 Å². The van der Waals surface area contributed by atoms with Crippen LogP contribution in [-0.2, 0) is 14.8 Å². The van der Waals surface area contributed by atoms with Crippen LogP contribution in [0.2, 0.25) is 0 Å². The molecule has 20 heavy (non-hydrogen) atoms. The van der Waals surface area contributed by atoms with Gasteiger partial charge in [0.25, 0.3) is 0 Å². The minimum atomic E-state index is -3.57. The smallest absolute Gasteiger partial charge is 0.244 e. The van der Waals surface area contributed by atoms with E-state index >= 15 is 0 Å². The van der Waals surface area contributed by atoms with E-state index in [1.807, 2.05) is 13.8 Å². The number of pyridine rings is 1. The fraction of sp³-hybridized carbons (Fsp3) is 0.500. The first kappa shape index (κ1) is 15.3. The maximum absolute atomic E-state index is 12.5. The van der Waals surface area contributed by atoms with Crippen LogP contribution >= 0.6 is 12.2 Å². The number of thiocarbonyl (C=S) groups is 1. The summed E-state index contributed by atoms with van der Waals surface area (Å²) in [6.07, 6.45) is 1.28. The van der Waals surface area contributed by atoms with Crippen LogP contribution in [0.1, 0.15) is 19.5 Å². The van der Waals surface area contributed by atoms with Gasteiger partial charge in [0.2, 0.25) is 10.0 Å². The minimum Gasteiger partial charge on any atom is -0.388 e. The molecule has 2 N–H and O–H groups in total. The van der Waals surface area contributed by atoms with Gasteiger partial charge in [0.15, 0.2) is 0 Å². The van der Waals surface area contributed by atoms with Crippen LogP contribution in [0.5, 0.6) is 0 Å². The molecule has 2 rings (SSSR count). The summed E-state index contributed by atoms with van der Waals surface area (Å²) in [4.78, 5) is 4.25. The Kier molecular flexibility index (Phi) is 4.10. The van der Waals surface area contributed by atoms with E-state index in [-0.39, 0.29) is 9.88 Å². The molecule has 0 radical (unpaired) electrons. The van der Waals surface area contributed by atoms with Crippen LogP contribution in [-0.4, -0.2) is 48.0 Å². The Balaban J connectivity index is 2.28. The van der Waals surface area contributed by atoms with Crippen LogP contribution in [0.4, 0.5) is 0 Å². The van der Waals surface area contributed by atoms with Gasteiger partial charge in [-0.25, -0.2) is 8.42 Å². The van der Waals surface area contributed by atoms with E-state index in [2.05, 4.69) is 4.98 Å². The van der Waals surface area contributed by atoms with Crippen molar-refractivity contribution in [2.45, 2.75) is 24.3 Å². The Morgan fingerprint density at radius 3 is 2.70 bits per heavy atom. The summed E-state index contributed by atoms with van der Waals surface area (Å²) in [5.74, 6) is 0. The molecule has 0 aromatic carbocycles. The molecule has 1 saturated heterocycles. The zero-order valence-corrected chi connectivity index (χ0v) is 13.0. The number of morpholine rings is 1. The lowest BCUT2D eigenvalue weighted by molar-refractivity contribution is -0.0640.